The smallest absolute Gasteiger partial charge is 0.132 e. The molecule has 2 aliphatic heterocycles. The zero-order valence-corrected chi connectivity index (χ0v) is 21.2. The van der Waals surface area contributed by atoms with Crippen LogP contribution in [0.25, 0.3) is 5.57 Å². The molecular formula is C30H41NO2. The first-order valence-corrected chi connectivity index (χ1v) is 12.8. The molecule has 2 heterocycles. The average Bonchev–Trinajstić information content (AvgIpc) is 2.78. The van der Waals surface area contributed by atoms with E-state index in [9.17, 15) is 5.11 Å². The molecular weight excluding hydrogens is 406 g/mol. The number of aromatic hydroxyl groups is 1. The van der Waals surface area contributed by atoms with Gasteiger partial charge in [0.2, 0.25) is 0 Å². The van der Waals surface area contributed by atoms with E-state index >= 15 is 0 Å². The highest BCUT2D eigenvalue weighted by molar-refractivity contribution is 5.82. The first-order chi connectivity index (χ1) is 15.8. The van der Waals surface area contributed by atoms with E-state index in [1.807, 2.05) is 6.07 Å². The van der Waals surface area contributed by atoms with E-state index in [2.05, 4.69) is 75.9 Å². The molecule has 0 amide bonds. The monoisotopic (exact) mass is 447 g/mol. The maximum absolute atomic E-state index is 11.2. The zero-order valence-electron chi connectivity index (χ0n) is 21.2. The van der Waals surface area contributed by atoms with Gasteiger partial charge in [-0.25, -0.2) is 0 Å². The van der Waals surface area contributed by atoms with E-state index in [0.717, 1.165) is 37.4 Å². The number of rotatable bonds is 8. The predicted octanol–water partition coefficient (Wildman–Crippen LogP) is 7.54. The number of phenols is 1. The lowest BCUT2D eigenvalue weighted by molar-refractivity contribution is 0.129. The summed E-state index contributed by atoms with van der Waals surface area (Å²) in [6, 6.07) is 14.9. The second-order valence-electron chi connectivity index (χ2n) is 10.7. The molecule has 4 rings (SSSR count). The topological polar surface area (TPSA) is 32.7 Å². The van der Waals surface area contributed by atoms with Crippen LogP contribution in [0.15, 0.2) is 48.0 Å². The molecule has 0 spiro atoms. The molecule has 0 saturated carbocycles. The van der Waals surface area contributed by atoms with Crippen LogP contribution in [-0.4, -0.2) is 28.7 Å². The van der Waals surface area contributed by atoms with E-state index in [1.165, 1.54) is 48.0 Å². The molecule has 178 valence electrons. The molecule has 3 nitrogen and oxygen atoms in total. The highest BCUT2D eigenvalue weighted by atomic mass is 16.5. The van der Waals surface area contributed by atoms with Crippen molar-refractivity contribution in [1.82, 2.24) is 4.90 Å². The van der Waals surface area contributed by atoms with Crippen molar-refractivity contribution >= 4 is 5.57 Å². The van der Waals surface area contributed by atoms with Gasteiger partial charge in [0.1, 0.15) is 17.1 Å². The van der Waals surface area contributed by atoms with E-state index in [4.69, 9.17) is 4.74 Å². The largest absolute Gasteiger partial charge is 0.507 e. The second kappa shape index (κ2) is 9.93. The molecule has 2 aromatic carbocycles. The van der Waals surface area contributed by atoms with Crippen LogP contribution in [0.1, 0.15) is 89.3 Å². The van der Waals surface area contributed by atoms with Gasteiger partial charge < -0.3 is 9.84 Å². The minimum Gasteiger partial charge on any atom is -0.507 e. The molecule has 2 aliphatic rings. The summed E-state index contributed by atoms with van der Waals surface area (Å²) in [6.45, 7) is 14.0. The normalized spacial score (nSPS) is 19.4. The molecule has 0 radical (unpaired) electrons. The van der Waals surface area contributed by atoms with Crippen LogP contribution >= 0.6 is 0 Å². The predicted molar refractivity (Wildman–Crippen MR) is 138 cm³/mol. The lowest BCUT2D eigenvalue weighted by Crippen LogP contribution is -2.42. The Morgan fingerprint density at radius 3 is 2.58 bits per heavy atom. The fraction of sp³-hybridized carbons (Fsp3) is 0.533. The minimum absolute atomic E-state index is 0.345. The van der Waals surface area contributed by atoms with Crippen molar-refractivity contribution in [3.8, 4) is 11.5 Å². The van der Waals surface area contributed by atoms with Gasteiger partial charge in [-0.05, 0) is 66.5 Å². The van der Waals surface area contributed by atoms with Crippen molar-refractivity contribution < 1.29 is 9.84 Å². The Hall–Kier alpha value is -2.26. The van der Waals surface area contributed by atoms with Gasteiger partial charge in [0.05, 0.1) is 5.56 Å². The molecule has 0 fully saturated rings. The molecule has 2 atom stereocenters. The molecule has 0 aliphatic carbocycles. The maximum Gasteiger partial charge on any atom is 0.132 e. The van der Waals surface area contributed by atoms with Crippen molar-refractivity contribution in [2.45, 2.75) is 84.8 Å². The number of fused-ring (bicyclic) bond motifs is 2. The van der Waals surface area contributed by atoms with Crippen molar-refractivity contribution in [1.29, 1.82) is 0 Å². The fourth-order valence-corrected chi connectivity index (χ4v) is 5.59. The summed E-state index contributed by atoms with van der Waals surface area (Å²) in [5.41, 5.74) is 5.68. The van der Waals surface area contributed by atoms with Gasteiger partial charge in [0.25, 0.3) is 0 Å². The highest BCUT2D eigenvalue weighted by Crippen LogP contribution is 2.49. The number of unbranched alkanes of at least 4 members (excludes halogenated alkanes) is 2. The van der Waals surface area contributed by atoms with Crippen LogP contribution in [-0.2, 0) is 6.54 Å². The number of hydrogen-bond acceptors (Lipinski definition) is 3. The van der Waals surface area contributed by atoms with Crippen LogP contribution < -0.4 is 4.74 Å². The van der Waals surface area contributed by atoms with Crippen LogP contribution in [0.2, 0.25) is 0 Å². The van der Waals surface area contributed by atoms with Gasteiger partial charge in [0, 0.05) is 19.6 Å². The number of ether oxygens (including phenoxy) is 1. The molecule has 3 heteroatoms. The van der Waals surface area contributed by atoms with Gasteiger partial charge in [0.15, 0.2) is 0 Å². The fourth-order valence-electron chi connectivity index (χ4n) is 5.59. The summed E-state index contributed by atoms with van der Waals surface area (Å²) in [7, 11) is 0. The third-order valence-electron chi connectivity index (χ3n) is 7.81. The molecule has 0 aromatic heterocycles. The van der Waals surface area contributed by atoms with Crippen LogP contribution in [0, 0.1) is 5.92 Å². The molecule has 33 heavy (non-hydrogen) atoms. The molecule has 0 bridgehead atoms. The summed E-state index contributed by atoms with van der Waals surface area (Å²) < 4.78 is 6.56. The number of hydrogen-bond donors (Lipinski definition) is 1. The average molecular weight is 448 g/mol. The van der Waals surface area contributed by atoms with Gasteiger partial charge in [-0.2, -0.15) is 0 Å². The van der Waals surface area contributed by atoms with E-state index in [1.54, 1.807) is 0 Å². The molecule has 2 unspecified atom stereocenters. The Balaban J connectivity index is 1.61. The standard InChI is InChI=1S/C30H41NO2/c1-6-7-9-12-21(2)22(3)24-17-27(32)29-25-20-31(19-23-13-10-8-11-14-23)16-15-26(25)30(4,5)33-28(29)18-24/h8,10-11,13-14,17-18,21-22,32H,6-7,9,12,15-16,19-20H2,1-5H3. The third kappa shape index (κ3) is 5.14. The summed E-state index contributed by atoms with van der Waals surface area (Å²) in [5, 5.41) is 11.2. The van der Waals surface area contributed by atoms with Crippen LogP contribution in [0.4, 0.5) is 0 Å². The lowest BCUT2D eigenvalue weighted by Gasteiger charge is -2.42. The molecule has 0 saturated heterocycles. The van der Waals surface area contributed by atoms with Crippen molar-refractivity contribution in [2.24, 2.45) is 5.92 Å². The summed E-state index contributed by atoms with van der Waals surface area (Å²) in [5.74, 6) is 2.19. The Bertz CT molecular complexity index is 992. The first kappa shape index (κ1) is 23.9. The third-order valence-corrected chi connectivity index (χ3v) is 7.81. The van der Waals surface area contributed by atoms with Crippen LogP contribution in [0.3, 0.4) is 0 Å². The SMILES string of the molecule is CCCCCC(C)C(C)c1cc(O)c2c(c1)OC(C)(C)C1=C2CN(Cc2ccccc2)CC1. The van der Waals surface area contributed by atoms with E-state index in [0.29, 0.717) is 17.6 Å². The Morgan fingerprint density at radius 2 is 1.85 bits per heavy atom. The van der Waals surface area contributed by atoms with Gasteiger partial charge in [-0.15, -0.1) is 0 Å². The van der Waals surface area contributed by atoms with Crippen molar-refractivity contribution in [3.63, 3.8) is 0 Å². The number of benzene rings is 2. The Labute approximate surface area is 200 Å². The lowest BCUT2D eigenvalue weighted by atomic mass is 9.79. The van der Waals surface area contributed by atoms with Crippen molar-refractivity contribution in [3.05, 3.63) is 64.7 Å². The maximum atomic E-state index is 11.2. The van der Waals surface area contributed by atoms with E-state index < -0.39 is 0 Å². The quantitative estimate of drug-likeness (QED) is 0.424. The van der Waals surface area contributed by atoms with Gasteiger partial charge in [-0.1, -0.05) is 76.8 Å². The van der Waals surface area contributed by atoms with Crippen molar-refractivity contribution in [2.75, 3.05) is 13.1 Å². The molecule has 1 N–H and O–H groups in total. The summed E-state index contributed by atoms with van der Waals surface area (Å²) >= 11 is 0. The Morgan fingerprint density at radius 1 is 1.09 bits per heavy atom. The minimum atomic E-state index is -0.345. The van der Waals surface area contributed by atoms with E-state index in [-0.39, 0.29) is 5.60 Å². The summed E-state index contributed by atoms with van der Waals surface area (Å²) in [6.07, 6.45) is 6.02. The zero-order chi connectivity index (χ0) is 23.6. The number of phenolic OH excluding ortho intramolecular Hbond substituents is 1. The van der Waals surface area contributed by atoms with Crippen LogP contribution in [0.5, 0.6) is 11.5 Å². The highest BCUT2D eigenvalue weighted by Gasteiger charge is 2.39. The first-order valence-electron chi connectivity index (χ1n) is 12.8. The summed E-state index contributed by atoms with van der Waals surface area (Å²) in [4.78, 5) is 2.49. The van der Waals surface area contributed by atoms with Gasteiger partial charge >= 0.3 is 0 Å². The van der Waals surface area contributed by atoms with Gasteiger partial charge in [-0.3, -0.25) is 4.90 Å². The Kier molecular flexibility index (Phi) is 7.19. The number of nitrogens with zero attached hydrogens (tertiary/aromatic N) is 1. The second-order valence-corrected chi connectivity index (χ2v) is 10.7. The molecule has 2 aromatic rings.